The standard InChI is InChI=1S/C23H20ClFN4O4/c24-18-3-1-2-15(23(18)25)9-26-21(32)10-28(16-5-6-16)22(33)11-29-20-7-4-14(12-30)8-17(20)19(13-31)27-29/h1-4,7-8,12-13,16H,5-6,9-11H2,(H,26,32). The minimum absolute atomic E-state index is 0.0297. The van der Waals surface area contributed by atoms with Gasteiger partial charge in [0.25, 0.3) is 0 Å². The molecular formula is C23H20ClFN4O4. The van der Waals surface area contributed by atoms with Gasteiger partial charge in [0, 0.05) is 29.1 Å². The summed E-state index contributed by atoms with van der Waals surface area (Å²) < 4.78 is 15.4. The first-order valence-corrected chi connectivity index (χ1v) is 10.7. The monoisotopic (exact) mass is 470 g/mol. The van der Waals surface area contributed by atoms with Crippen LogP contribution in [0.3, 0.4) is 0 Å². The van der Waals surface area contributed by atoms with E-state index in [1.165, 1.54) is 21.7 Å². The van der Waals surface area contributed by atoms with Crippen molar-refractivity contribution in [2.75, 3.05) is 6.54 Å². The number of rotatable bonds is 9. The molecule has 0 bridgehead atoms. The minimum atomic E-state index is -0.594. The van der Waals surface area contributed by atoms with Gasteiger partial charge in [0.2, 0.25) is 11.8 Å². The Kier molecular flexibility index (Phi) is 6.50. The molecule has 1 aliphatic rings. The van der Waals surface area contributed by atoms with Gasteiger partial charge >= 0.3 is 0 Å². The van der Waals surface area contributed by atoms with Crippen molar-refractivity contribution in [1.29, 1.82) is 0 Å². The van der Waals surface area contributed by atoms with Crippen LogP contribution in [-0.4, -0.2) is 51.7 Å². The Morgan fingerprint density at radius 2 is 2.00 bits per heavy atom. The molecule has 1 fully saturated rings. The van der Waals surface area contributed by atoms with Crippen molar-refractivity contribution in [3.8, 4) is 0 Å². The normalized spacial score (nSPS) is 13.0. The van der Waals surface area contributed by atoms with E-state index in [2.05, 4.69) is 10.4 Å². The molecule has 1 saturated carbocycles. The molecule has 2 amide bonds. The number of carbonyl (C=O) groups is 4. The molecule has 1 N–H and O–H groups in total. The Bertz CT molecular complexity index is 1250. The Morgan fingerprint density at radius 3 is 2.70 bits per heavy atom. The van der Waals surface area contributed by atoms with E-state index < -0.39 is 11.7 Å². The molecule has 0 saturated heterocycles. The molecule has 0 radical (unpaired) electrons. The first-order valence-electron chi connectivity index (χ1n) is 10.3. The van der Waals surface area contributed by atoms with Crippen LogP contribution in [0, 0.1) is 5.82 Å². The first kappa shape index (κ1) is 22.6. The molecule has 3 aromatic rings. The van der Waals surface area contributed by atoms with E-state index in [1.54, 1.807) is 24.3 Å². The van der Waals surface area contributed by atoms with Crippen LogP contribution in [-0.2, 0) is 22.7 Å². The Balaban J connectivity index is 1.46. The van der Waals surface area contributed by atoms with Gasteiger partial charge in [0.05, 0.1) is 17.1 Å². The fraction of sp³-hybridized carbons (Fsp3) is 0.261. The Morgan fingerprint density at radius 1 is 1.21 bits per heavy atom. The second-order valence-corrected chi connectivity index (χ2v) is 8.20. The molecule has 0 aliphatic heterocycles. The molecule has 1 aliphatic carbocycles. The number of aldehydes is 2. The van der Waals surface area contributed by atoms with Crippen molar-refractivity contribution in [3.63, 3.8) is 0 Å². The molecule has 0 unspecified atom stereocenters. The highest BCUT2D eigenvalue weighted by Crippen LogP contribution is 2.27. The Labute approximate surface area is 193 Å². The van der Waals surface area contributed by atoms with Crippen LogP contribution in [0.4, 0.5) is 4.39 Å². The van der Waals surface area contributed by atoms with Crippen LogP contribution in [0.1, 0.15) is 39.3 Å². The van der Waals surface area contributed by atoms with Gasteiger partial charge in [-0.2, -0.15) is 5.10 Å². The smallest absolute Gasteiger partial charge is 0.245 e. The Hall–Kier alpha value is -3.59. The number of halogens is 2. The first-order chi connectivity index (χ1) is 15.9. The number of carbonyl (C=O) groups excluding carboxylic acids is 4. The summed E-state index contributed by atoms with van der Waals surface area (Å²) in [7, 11) is 0. The summed E-state index contributed by atoms with van der Waals surface area (Å²) in [5.74, 6) is -1.35. The summed E-state index contributed by atoms with van der Waals surface area (Å²) in [5.41, 5.74) is 1.30. The van der Waals surface area contributed by atoms with Gasteiger partial charge in [-0.05, 0) is 37.1 Å². The van der Waals surface area contributed by atoms with Gasteiger partial charge in [-0.25, -0.2) is 4.39 Å². The number of fused-ring (bicyclic) bond motifs is 1. The second kappa shape index (κ2) is 9.50. The molecule has 170 valence electrons. The highest BCUT2D eigenvalue weighted by Gasteiger charge is 2.34. The molecule has 1 heterocycles. The highest BCUT2D eigenvalue weighted by atomic mass is 35.5. The van der Waals surface area contributed by atoms with E-state index in [-0.39, 0.29) is 47.9 Å². The van der Waals surface area contributed by atoms with E-state index in [0.29, 0.717) is 29.0 Å². The lowest BCUT2D eigenvalue weighted by molar-refractivity contribution is -0.137. The van der Waals surface area contributed by atoms with E-state index in [4.69, 9.17) is 11.6 Å². The van der Waals surface area contributed by atoms with Crippen LogP contribution in [0.15, 0.2) is 36.4 Å². The number of hydrogen-bond acceptors (Lipinski definition) is 5. The van der Waals surface area contributed by atoms with Crippen molar-refractivity contribution < 1.29 is 23.6 Å². The lowest BCUT2D eigenvalue weighted by Crippen LogP contribution is -2.43. The zero-order valence-electron chi connectivity index (χ0n) is 17.5. The highest BCUT2D eigenvalue weighted by molar-refractivity contribution is 6.30. The van der Waals surface area contributed by atoms with Crippen LogP contribution < -0.4 is 5.32 Å². The summed E-state index contributed by atoms with van der Waals surface area (Å²) in [6.45, 7) is -0.401. The van der Waals surface area contributed by atoms with Gasteiger partial charge in [-0.3, -0.25) is 23.9 Å². The average molecular weight is 471 g/mol. The second-order valence-electron chi connectivity index (χ2n) is 7.80. The number of amides is 2. The summed E-state index contributed by atoms with van der Waals surface area (Å²) >= 11 is 5.76. The van der Waals surface area contributed by atoms with Gasteiger partial charge in [0.1, 0.15) is 24.3 Å². The predicted octanol–water partition coefficient (Wildman–Crippen LogP) is 2.76. The van der Waals surface area contributed by atoms with Gasteiger partial charge < -0.3 is 10.2 Å². The summed E-state index contributed by atoms with van der Waals surface area (Å²) in [6, 6.07) is 9.22. The van der Waals surface area contributed by atoms with Crippen LogP contribution in [0.5, 0.6) is 0 Å². The molecule has 1 aromatic heterocycles. The lowest BCUT2D eigenvalue weighted by atomic mass is 10.1. The van der Waals surface area contributed by atoms with Crippen molar-refractivity contribution in [2.24, 2.45) is 0 Å². The van der Waals surface area contributed by atoms with Crippen molar-refractivity contribution in [1.82, 2.24) is 20.0 Å². The summed E-state index contributed by atoms with van der Waals surface area (Å²) in [6.07, 6.45) is 2.80. The van der Waals surface area contributed by atoms with Crippen molar-refractivity contribution in [2.45, 2.75) is 32.0 Å². The summed E-state index contributed by atoms with van der Waals surface area (Å²) in [5, 5.41) is 7.25. The molecule has 2 aromatic carbocycles. The van der Waals surface area contributed by atoms with Crippen molar-refractivity contribution in [3.05, 3.63) is 64.1 Å². The predicted molar refractivity (Wildman–Crippen MR) is 118 cm³/mol. The van der Waals surface area contributed by atoms with Gasteiger partial charge in [0.15, 0.2) is 6.29 Å². The van der Waals surface area contributed by atoms with Crippen LogP contribution in [0.25, 0.3) is 10.9 Å². The van der Waals surface area contributed by atoms with Gasteiger partial charge in [-0.1, -0.05) is 23.7 Å². The topological polar surface area (TPSA) is 101 Å². The maximum atomic E-state index is 14.0. The SMILES string of the molecule is O=Cc1ccc2c(c1)c(C=O)nn2CC(=O)N(CC(=O)NCc1cccc(Cl)c1F)C1CC1. The number of benzene rings is 2. The summed E-state index contributed by atoms with van der Waals surface area (Å²) in [4.78, 5) is 49.4. The molecule has 33 heavy (non-hydrogen) atoms. The average Bonchev–Trinajstić information content (AvgIpc) is 3.60. The van der Waals surface area contributed by atoms with E-state index >= 15 is 0 Å². The van der Waals surface area contributed by atoms with E-state index in [0.717, 1.165) is 12.8 Å². The third-order valence-corrected chi connectivity index (χ3v) is 5.76. The number of hydrogen-bond donors (Lipinski definition) is 1. The van der Waals surface area contributed by atoms with Crippen LogP contribution >= 0.6 is 11.6 Å². The lowest BCUT2D eigenvalue weighted by Gasteiger charge is -2.22. The third kappa shape index (κ3) is 4.93. The van der Waals surface area contributed by atoms with E-state index in [1.807, 2.05) is 0 Å². The van der Waals surface area contributed by atoms with Gasteiger partial charge in [-0.15, -0.1) is 0 Å². The van der Waals surface area contributed by atoms with Crippen LogP contribution in [0.2, 0.25) is 5.02 Å². The molecule has 10 heteroatoms. The molecule has 0 atom stereocenters. The largest absolute Gasteiger partial charge is 0.350 e. The number of aromatic nitrogens is 2. The minimum Gasteiger partial charge on any atom is -0.350 e. The zero-order valence-corrected chi connectivity index (χ0v) is 18.2. The maximum absolute atomic E-state index is 14.0. The number of nitrogens with one attached hydrogen (secondary N) is 1. The third-order valence-electron chi connectivity index (χ3n) is 5.47. The number of nitrogens with zero attached hydrogens (tertiary/aromatic N) is 3. The molecule has 0 spiro atoms. The molecule has 8 nitrogen and oxygen atoms in total. The fourth-order valence-corrected chi connectivity index (χ4v) is 3.81. The van der Waals surface area contributed by atoms with Crippen molar-refractivity contribution >= 4 is 46.9 Å². The quantitative estimate of drug-likeness (QED) is 0.484. The zero-order chi connectivity index (χ0) is 23.5. The molecule has 4 rings (SSSR count). The fourth-order valence-electron chi connectivity index (χ4n) is 3.62. The van der Waals surface area contributed by atoms with E-state index in [9.17, 15) is 23.6 Å². The maximum Gasteiger partial charge on any atom is 0.245 e. The molecular weight excluding hydrogens is 451 g/mol.